The molecule has 104 valence electrons. The third-order valence-corrected chi connectivity index (χ3v) is 2.53. The van der Waals surface area contributed by atoms with E-state index in [9.17, 15) is 9.59 Å². The number of pyridine rings is 1. The highest BCUT2D eigenvalue weighted by Crippen LogP contribution is 2.19. The van der Waals surface area contributed by atoms with E-state index in [0.29, 0.717) is 11.5 Å². The molecule has 0 atom stereocenters. The molecular weight excluding hydrogens is 248 g/mol. The van der Waals surface area contributed by atoms with Crippen molar-refractivity contribution in [1.29, 1.82) is 0 Å². The van der Waals surface area contributed by atoms with Crippen LogP contribution in [0.3, 0.4) is 0 Å². The number of methoxy groups -OCH3 is 1. The number of esters is 1. The summed E-state index contributed by atoms with van der Waals surface area (Å²) in [7, 11) is 6.29. The molecule has 0 aliphatic rings. The molecule has 0 aliphatic carbocycles. The Hall–Kier alpha value is -2.31. The Morgan fingerprint density at radius 1 is 1.32 bits per heavy atom. The van der Waals surface area contributed by atoms with Gasteiger partial charge >= 0.3 is 5.97 Å². The Morgan fingerprint density at radius 3 is 2.47 bits per heavy atom. The Bertz CT molecular complexity index is 488. The Morgan fingerprint density at radius 2 is 1.95 bits per heavy atom. The molecule has 7 heteroatoms. The summed E-state index contributed by atoms with van der Waals surface area (Å²) in [5, 5.41) is 0. The van der Waals surface area contributed by atoms with Gasteiger partial charge in [-0.3, -0.25) is 4.79 Å². The fourth-order valence-electron chi connectivity index (χ4n) is 1.40. The first-order valence-electron chi connectivity index (χ1n) is 5.63. The molecule has 0 fully saturated rings. The maximum Gasteiger partial charge on any atom is 0.356 e. The van der Waals surface area contributed by atoms with Gasteiger partial charge in [-0.15, -0.1) is 0 Å². The van der Waals surface area contributed by atoms with Crippen LogP contribution in [0.2, 0.25) is 0 Å². The minimum atomic E-state index is -0.548. The Kier molecular flexibility index (Phi) is 4.68. The van der Waals surface area contributed by atoms with Crippen LogP contribution >= 0.6 is 0 Å². The number of nitrogen functional groups attached to an aromatic ring is 1. The van der Waals surface area contributed by atoms with Gasteiger partial charge in [-0.05, 0) is 12.1 Å². The van der Waals surface area contributed by atoms with Crippen molar-refractivity contribution in [1.82, 2.24) is 9.88 Å². The largest absolute Gasteiger partial charge is 0.464 e. The van der Waals surface area contributed by atoms with Crippen molar-refractivity contribution in [2.45, 2.75) is 0 Å². The molecule has 1 heterocycles. The fourth-order valence-corrected chi connectivity index (χ4v) is 1.40. The molecule has 1 amide bonds. The molecule has 0 aliphatic heterocycles. The van der Waals surface area contributed by atoms with Gasteiger partial charge in [0.15, 0.2) is 11.5 Å². The topological polar surface area (TPSA) is 88.8 Å². The number of anilines is 2. The smallest absolute Gasteiger partial charge is 0.356 e. The molecule has 1 rings (SSSR count). The minimum absolute atomic E-state index is 0.0906. The van der Waals surface area contributed by atoms with Crippen LogP contribution in [0.5, 0.6) is 0 Å². The molecule has 0 saturated heterocycles. The standard InChI is InChI=1S/C12H18N4O3/c1-15(2)10(17)7-16(3)11-8(13)5-6-9(14-11)12(18)19-4/h5-6H,7,13H2,1-4H3. The van der Waals surface area contributed by atoms with Crippen molar-refractivity contribution in [3.05, 3.63) is 17.8 Å². The summed E-state index contributed by atoms with van der Waals surface area (Å²) in [6, 6.07) is 3.04. The normalized spacial score (nSPS) is 9.89. The summed E-state index contributed by atoms with van der Waals surface area (Å²) in [6.07, 6.45) is 0. The van der Waals surface area contributed by atoms with Crippen molar-refractivity contribution in [3.8, 4) is 0 Å². The number of ether oxygens (including phenoxy) is 1. The highest BCUT2D eigenvalue weighted by atomic mass is 16.5. The first-order chi connectivity index (χ1) is 8.86. The van der Waals surface area contributed by atoms with Gasteiger partial charge in [0.1, 0.15) is 0 Å². The molecule has 0 unspecified atom stereocenters. The molecule has 7 nitrogen and oxygen atoms in total. The number of aromatic nitrogens is 1. The number of nitrogens with two attached hydrogens (primary N) is 1. The summed E-state index contributed by atoms with van der Waals surface area (Å²) < 4.78 is 4.59. The average molecular weight is 266 g/mol. The third-order valence-electron chi connectivity index (χ3n) is 2.53. The molecule has 1 aromatic rings. The lowest BCUT2D eigenvalue weighted by Crippen LogP contribution is -2.35. The van der Waals surface area contributed by atoms with E-state index >= 15 is 0 Å². The van der Waals surface area contributed by atoms with Crippen molar-refractivity contribution in [2.24, 2.45) is 0 Å². The number of carbonyl (C=O) groups is 2. The van der Waals surface area contributed by atoms with Crippen molar-refractivity contribution in [2.75, 3.05) is 45.4 Å². The van der Waals surface area contributed by atoms with E-state index in [-0.39, 0.29) is 18.1 Å². The lowest BCUT2D eigenvalue weighted by molar-refractivity contribution is -0.127. The van der Waals surface area contributed by atoms with Gasteiger partial charge in [0.25, 0.3) is 0 Å². The van der Waals surface area contributed by atoms with E-state index < -0.39 is 5.97 Å². The van der Waals surface area contributed by atoms with Crippen LogP contribution in [0.4, 0.5) is 11.5 Å². The molecule has 0 bridgehead atoms. The molecule has 19 heavy (non-hydrogen) atoms. The second-order valence-electron chi connectivity index (χ2n) is 4.25. The summed E-state index contributed by atoms with van der Waals surface area (Å²) in [5.41, 5.74) is 6.34. The van der Waals surface area contributed by atoms with Gasteiger partial charge in [0.2, 0.25) is 5.91 Å². The zero-order chi connectivity index (χ0) is 14.6. The van der Waals surface area contributed by atoms with Crippen LogP contribution in [0.1, 0.15) is 10.5 Å². The average Bonchev–Trinajstić information content (AvgIpc) is 2.37. The maximum absolute atomic E-state index is 11.6. The number of nitrogens with zero attached hydrogens (tertiary/aromatic N) is 3. The molecular formula is C12H18N4O3. The second kappa shape index (κ2) is 6.03. The second-order valence-corrected chi connectivity index (χ2v) is 4.25. The number of carbonyl (C=O) groups excluding carboxylic acids is 2. The predicted molar refractivity (Wildman–Crippen MR) is 72.0 cm³/mol. The van der Waals surface area contributed by atoms with Gasteiger partial charge in [0.05, 0.1) is 19.3 Å². The van der Waals surface area contributed by atoms with Crippen LogP contribution in [-0.4, -0.2) is 56.6 Å². The van der Waals surface area contributed by atoms with E-state index in [1.54, 1.807) is 32.1 Å². The van der Waals surface area contributed by atoms with Crippen molar-refractivity contribution in [3.63, 3.8) is 0 Å². The number of amides is 1. The van der Waals surface area contributed by atoms with Gasteiger partial charge in [-0.1, -0.05) is 0 Å². The summed E-state index contributed by atoms with van der Waals surface area (Å²) in [5.74, 6) is -0.265. The summed E-state index contributed by atoms with van der Waals surface area (Å²) >= 11 is 0. The van der Waals surface area contributed by atoms with Crippen LogP contribution in [0.25, 0.3) is 0 Å². The number of rotatable bonds is 4. The van der Waals surface area contributed by atoms with E-state index in [1.165, 1.54) is 18.1 Å². The first-order valence-corrected chi connectivity index (χ1v) is 5.63. The zero-order valence-corrected chi connectivity index (χ0v) is 11.5. The van der Waals surface area contributed by atoms with E-state index in [1.807, 2.05) is 0 Å². The number of likely N-dealkylation sites (N-methyl/N-ethyl adjacent to an activating group) is 2. The van der Waals surface area contributed by atoms with Crippen LogP contribution in [0.15, 0.2) is 12.1 Å². The van der Waals surface area contributed by atoms with Gasteiger partial charge in [-0.25, -0.2) is 9.78 Å². The molecule has 0 spiro atoms. The van der Waals surface area contributed by atoms with Crippen LogP contribution < -0.4 is 10.6 Å². The molecule has 1 aromatic heterocycles. The Labute approximate surface area is 112 Å². The first kappa shape index (κ1) is 14.7. The predicted octanol–water partition coefficient (Wildman–Crippen LogP) is -0.0252. The lowest BCUT2D eigenvalue weighted by atomic mass is 10.3. The lowest BCUT2D eigenvalue weighted by Gasteiger charge is -2.21. The maximum atomic E-state index is 11.6. The van der Waals surface area contributed by atoms with Gasteiger partial charge in [-0.2, -0.15) is 0 Å². The molecule has 0 radical (unpaired) electrons. The van der Waals surface area contributed by atoms with E-state index in [4.69, 9.17) is 5.73 Å². The SMILES string of the molecule is COC(=O)c1ccc(N)c(N(C)CC(=O)N(C)C)n1. The monoisotopic (exact) mass is 266 g/mol. The van der Waals surface area contributed by atoms with E-state index in [0.717, 1.165) is 0 Å². The summed E-state index contributed by atoms with van der Waals surface area (Å²) in [4.78, 5) is 30.2. The third kappa shape index (κ3) is 3.57. The highest BCUT2D eigenvalue weighted by molar-refractivity contribution is 5.89. The molecule has 0 saturated carbocycles. The summed E-state index contributed by atoms with van der Waals surface area (Å²) in [6.45, 7) is 0.120. The minimum Gasteiger partial charge on any atom is -0.464 e. The quantitative estimate of drug-likeness (QED) is 0.770. The number of hydrogen-bond donors (Lipinski definition) is 1. The van der Waals surface area contributed by atoms with Gasteiger partial charge < -0.3 is 20.3 Å². The highest BCUT2D eigenvalue weighted by Gasteiger charge is 2.16. The van der Waals surface area contributed by atoms with Gasteiger partial charge in [0, 0.05) is 21.1 Å². The zero-order valence-electron chi connectivity index (χ0n) is 11.5. The van der Waals surface area contributed by atoms with Crippen LogP contribution in [-0.2, 0) is 9.53 Å². The van der Waals surface area contributed by atoms with Crippen molar-refractivity contribution < 1.29 is 14.3 Å². The molecule has 2 N–H and O–H groups in total. The molecule has 0 aromatic carbocycles. The van der Waals surface area contributed by atoms with E-state index in [2.05, 4.69) is 9.72 Å². The number of hydrogen-bond acceptors (Lipinski definition) is 6. The fraction of sp³-hybridized carbons (Fsp3) is 0.417. The van der Waals surface area contributed by atoms with Crippen molar-refractivity contribution >= 4 is 23.4 Å². The van der Waals surface area contributed by atoms with Crippen LogP contribution in [0, 0.1) is 0 Å². The Balaban J connectivity index is 2.98.